The summed E-state index contributed by atoms with van der Waals surface area (Å²) in [4.78, 5) is 10.8. The van der Waals surface area contributed by atoms with E-state index in [4.69, 9.17) is 10.8 Å². The van der Waals surface area contributed by atoms with Gasteiger partial charge in [0.1, 0.15) is 0 Å². The molecule has 0 amide bonds. The van der Waals surface area contributed by atoms with E-state index in [-0.39, 0.29) is 6.04 Å². The molecule has 0 bridgehead atoms. The molecule has 0 fully saturated rings. The molecule has 0 saturated carbocycles. The van der Waals surface area contributed by atoms with E-state index < -0.39 is 11.9 Å². The fraction of sp³-hybridized carbons (Fsp3) is 0.278. The molecule has 2 aromatic carbocycles. The van der Waals surface area contributed by atoms with E-state index in [9.17, 15) is 4.79 Å². The molecule has 110 valence electrons. The monoisotopic (exact) mass is 283 g/mol. The van der Waals surface area contributed by atoms with Gasteiger partial charge in [-0.2, -0.15) is 0 Å². The minimum Gasteiger partial charge on any atom is -0.481 e. The molecule has 0 saturated heterocycles. The molecule has 2 aromatic rings. The quantitative estimate of drug-likeness (QED) is 0.854. The van der Waals surface area contributed by atoms with Crippen molar-refractivity contribution < 1.29 is 9.90 Å². The number of carbonyl (C=O) groups is 1. The van der Waals surface area contributed by atoms with Crippen molar-refractivity contribution in [1.82, 2.24) is 0 Å². The largest absolute Gasteiger partial charge is 0.481 e. The molecule has 0 spiro atoms. The summed E-state index contributed by atoms with van der Waals surface area (Å²) >= 11 is 0. The Morgan fingerprint density at radius 3 is 2.19 bits per heavy atom. The minimum atomic E-state index is -0.787. The maximum atomic E-state index is 10.8. The van der Waals surface area contributed by atoms with E-state index in [0.29, 0.717) is 12.8 Å². The van der Waals surface area contributed by atoms with Gasteiger partial charge in [-0.3, -0.25) is 4.79 Å². The lowest BCUT2D eigenvalue weighted by Crippen LogP contribution is -2.28. The highest BCUT2D eigenvalue weighted by Gasteiger charge is 2.15. The van der Waals surface area contributed by atoms with Crippen LogP contribution in [-0.4, -0.2) is 17.1 Å². The minimum absolute atomic E-state index is 0.126. The molecule has 0 aliphatic rings. The SMILES string of the molecule is C[C@@H](C[C@H](N)Cc1ccc(-c2ccccc2)cc1)C(=O)O. The van der Waals surface area contributed by atoms with Crippen molar-refractivity contribution >= 4 is 5.97 Å². The highest BCUT2D eigenvalue weighted by Crippen LogP contribution is 2.20. The second kappa shape index (κ2) is 7.04. The average Bonchev–Trinajstić information content (AvgIpc) is 2.48. The van der Waals surface area contributed by atoms with Gasteiger partial charge in [0.25, 0.3) is 0 Å². The lowest BCUT2D eigenvalue weighted by molar-refractivity contribution is -0.141. The number of hydrogen-bond acceptors (Lipinski definition) is 2. The number of carboxylic acids is 1. The predicted molar refractivity (Wildman–Crippen MR) is 85.0 cm³/mol. The number of carboxylic acid groups (broad SMARTS) is 1. The summed E-state index contributed by atoms with van der Waals surface area (Å²) < 4.78 is 0. The number of benzene rings is 2. The number of aliphatic carboxylic acids is 1. The molecule has 0 aliphatic carbocycles. The molecule has 0 aromatic heterocycles. The zero-order valence-electron chi connectivity index (χ0n) is 12.2. The number of hydrogen-bond donors (Lipinski definition) is 2. The Morgan fingerprint density at radius 1 is 1.05 bits per heavy atom. The van der Waals surface area contributed by atoms with E-state index in [1.54, 1.807) is 6.92 Å². The van der Waals surface area contributed by atoms with E-state index in [0.717, 1.165) is 5.56 Å². The van der Waals surface area contributed by atoms with Crippen LogP contribution in [0.4, 0.5) is 0 Å². The zero-order chi connectivity index (χ0) is 15.2. The second-order valence-corrected chi connectivity index (χ2v) is 5.50. The van der Waals surface area contributed by atoms with Crippen LogP contribution in [0.1, 0.15) is 18.9 Å². The van der Waals surface area contributed by atoms with Gasteiger partial charge >= 0.3 is 5.97 Å². The van der Waals surface area contributed by atoms with Crippen LogP contribution < -0.4 is 5.73 Å². The first-order valence-corrected chi connectivity index (χ1v) is 7.19. The lowest BCUT2D eigenvalue weighted by Gasteiger charge is -2.14. The third-order valence-corrected chi connectivity index (χ3v) is 3.64. The van der Waals surface area contributed by atoms with Crippen molar-refractivity contribution in [3.63, 3.8) is 0 Å². The summed E-state index contributed by atoms with van der Waals surface area (Å²) in [6, 6.07) is 18.4. The summed E-state index contributed by atoms with van der Waals surface area (Å²) in [5, 5.41) is 8.90. The molecule has 3 heteroatoms. The molecule has 0 aliphatic heterocycles. The Kier molecular flexibility index (Phi) is 5.12. The molecule has 0 unspecified atom stereocenters. The lowest BCUT2D eigenvalue weighted by atomic mass is 9.96. The summed E-state index contributed by atoms with van der Waals surface area (Å²) in [6.07, 6.45) is 1.20. The van der Waals surface area contributed by atoms with Gasteiger partial charge in [0, 0.05) is 6.04 Å². The van der Waals surface area contributed by atoms with Crippen LogP contribution in [0.25, 0.3) is 11.1 Å². The molecular weight excluding hydrogens is 262 g/mol. The van der Waals surface area contributed by atoms with Crippen LogP contribution in [0.5, 0.6) is 0 Å². The van der Waals surface area contributed by atoms with Gasteiger partial charge in [-0.05, 0) is 29.5 Å². The van der Waals surface area contributed by atoms with Gasteiger partial charge in [-0.25, -0.2) is 0 Å². The zero-order valence-corrected chi connectivity index (χ0v) is 12.2. The van der Waals surface area contributed by atoms with Gasteiger partial charge in [-0.15, -0.1) is 0 Å². The third-order valence-electron chi connectivity index (χ3n) is 3.64. The number of nitrogens with two attached hydrogens (primary N) is 1. The van der Waals surface area contributed by atoms with Crippen LogP contribution in [0, 0.1) is 5.92 Å². The van der Waals surface area contributed by atoms with Gasteiger partial charge < -0.3 is 10.8 Å². The summed E-state index contributed by atoms with van der Waals surface area (Å²) in [5.41, 5.74) is 9.53. The third kappa shape index (κ3) is 4.43. The van der Waals surface area contributed by atoms with Crippen molar-refractivity contribution in [2.75, 3.05) is 0 Å². The average molecular weight is 283 g/mol. The van der Waals surface area contributed by atoms with E-state index >= 15 is 0 Å². The fourth-order valence-corrected chi connectivity index (χ4v) is 2.40. The molecule has 2 atom stereocenters. The number of rotatable bonds is 6. The molecule has 0 radical (unpaired) electrons. The Morgan fingerprint density at radius 2 is 1.62 bits per heavy atom. The van der Waals surface area contributed by atoms with Crippen molar-refractivity contribution in [2.45, 2.75) is 25.8 Å². The van der Waals surface area contributed by atoms with E-state index in [2.05, 4.69) is 36.4 Å². The van der Waals surface area contributed by atoms with Crippen molar-refractivity contribution in [2.24, 2.45) is 11.7 Å². The standard InChI is InChI=1S/C18H21NO2/c1-13(18(20)21)11-17(19)12-14-7-9-16(10-8-14)15-5-3-2-4-6-15/h2-10,13,17H,11-12,19H2,1H3,(H,20,21)/t13-,17-/m0/s1. The second-order valence-electron chi connectivity index (χ2n) is 5.50. The molecule has 0 heterocycles. The first-order valence-electron chi connectivity index (χ1n) is 7.19. The maximum Gasteiger partial charge on any atom is 0.306 e. The summed E-state index contributed by atoms with van der Waals surface area (Å²) in [5.74, 6) is -1.19. The Balaban J connectivity index is 1.98. The molecule has 21 heavy (non-hydrogen) atoms. The van der Waals surface area contributed by atoms with Gasteiger partial charge in [0.05, 0.1) is 5.92 Å². The fourth-order valence-electron chi connectivity index (χ4n) is 2.40. The topological polar surface area (TPSA) is 63.3 Å². The van der Waals surface area contributed by atoms with Crippen molar-refractivity contribution in [3.8, 4) is 11.1 Å². The van der Waals surface area contributed by atoms with Crippen molar-refractivity contribution in [3.05, 3.63) is 60.2 Å². The first-order chi connectivity index (χ1) is 10.1. The van der Waals surface area contributed by atoms with Crippen molar-refractivity contribution in [1.29, 1.82) is 0 Å². The Bertz CT molecular complexity index is 578. The van der Waals surface area contributed by atoms with E-state index in [1.807, 2.05) is 18.2 Å². The highest BCUT2D eigenvalue weighted by molar-refractivity contribution is 5.69. The van der Waals surface area contributed by atoms with E-state index in [1.165, 1.54) is 11.1 Å². The summed E-state index contributed by atoms with van der Waals surface area (Å²) in [6.45, 7) is 1.70. The normalized spacial score (nSPS) is 13.6. The van der Waals surface area contributed by atoms with Crippen LogP contribution in [0.15, 0.2) is 54.6 Å². The maximum absolute atomic E-state index is 10.8. The highest BCUT2D eigenvalue weighted by atomic mass is 16.4. The Labute approximate surface area is 125 Å². The molecular formula is C18H21NO2. The van der Waals surface area contributed by atoms with Gasteiger partial charge in [0.2, 0.25) is 0 Å². The molecule has 2 rings (SSSR count). The predicted octanol–water partition coefficient (Wildman–Crippen LogP) is 3.33. The Hall–Kier alpha value is -2.13. The summed E-state index contributed by atoms with van der Waals surface area (Å²) in [7, 11) is 0. The van der Waals surface area contributed by atoms with Crippen LogP contribution in [0.2, 0.25) is 0 Å². The van der Waals surface area contributed by atoms with Gasteiger partial charge in [-0.1, -0.05) is 61.5 Å². The first kappa shape index (κ1) is 15.3. The van der Waals surface area contributed by atoms with Crippen LogP contribution in [0.3, 0.4) is 0 Å². The van der Waals surface area contributed by atoms with Gasteiger partial charge in [0.15, 0.2) is 0 Å². The van der Waals surface area contributed by atoms with Crippen LogP contribution in [-0.2, 0) is 11.2 Å². The van der Waals surface area contributed by atoms with Crippen LogP contribution >= 0.6 is 0 Å². The smallest absolute Gasteiger partial charge is 0.306 e. The molecule has 3 nitrogen and oxygen atoms in total. The molecule has 3 N–H and O–H groups in total.